The van der Waals surface area contributed by atoms with E-state index < -0.39 is 19.1 Å². The number of aryl methyl sites for hydroxylation is 1. The number of imide groups is 1. The van der Waals surface area contributed by atoms with E-state index >= 15 is 0 Å². The van der Waals surface area contributed by atoms with Gasteiger partial charge < -0.3 is 40.0 Å². The normalized spacial score (nSPS) is 17.9. The summed E-state index contributed by atoms with van der Waals surface area (Å²) < 4.78 is 18.8. The van der Waals surface area contributed by atoms with Crippen molar-refractivity contribution in [2.45, 2.75) is 63.6 Å². The lowest BCUT2D eigenvalue weighted by Crippen LogP contribution is -2.54. The molecule has 3 saturated heterocycles. The van der Waals surface area contributed by atoms with Crippen molar-refractivity contribution < 1.29 is 28.5 Å². The minimum absolute atomic E-state index is 0.182. The summed E-state index contributed by atoms with van der Waals surface area (Å²) in [6.07, 6.45) is 6.11. The summed E-state index contributed by atoms with van der Waals surface area (Å²) in [6.45, 7) is 9.52. The van der Waals surface area contributed by atoms with Gasteiger partial charge in [-0.05, 0) is 93.0 Å². The zero-order valence-electron chi connectivity index (χ0n) is 39.9. The van der Waals surface area contributed by atoms with Gasteiger partial charge in [0.1, 0.15) is 24.0 Å². The second kappa shape index (κ2) is 21.3. The maximum absolute atomic E-state index is 13.3. The largest absolute Gasteiger partial charge is 0.494 e. The third kappa shape index (κ3) is 11.1. The van der Waals surface area contributed by atoms with Crippen LogP contribution in [0, 0.1) is 0 Å². The molecule has 0 spiro atoms. The Morgan fingerprint density at radius 1 is 0.843 bits per heavy atom. The molecule has 4 aliphatic rings. The van der Waals surface area contributed by atoms with Gasteiger partial charge in [-0.2, -0.15) is 4.98 Å². The van der Waals surface area contributed by atoms with E-state index in [1.165, 1.54) is 11.8 Å². The number of benzene rings is 4. The number of nitrogens with one attached hydrogen (secondary N) is 4. The number of anilines is 6. The molecule has 4 amide bonds. The van der Waals surface area contributed by atoms with Crippen LogP contribution < -0.4 is 36.2 Å². The fourth-order valence-electron chi connectivity index (χ4n) is 9.99. The summed E-state index contributed by atoms with van der Waals surface area (Å²) in [5, 5.41) is 13.4. The van der Waals surface area contributed by atoms with Crippen molar-refractivity contribution in [1.82, 2.24) is 30.0 Å². The molecule has 16 nitrogen and oxygen atoms in total. The molecule has 0 radical (unpaired) electrons. The maximum atomic E-state index is 13.3. The van der Waals surface area contributed by atoms with Crippen LogP contribution in [0.4, 0.5) is 34.5 Å². The highest BCUT2D eigenvalue weighted by molar-refractivity contribution is 7.70. The molecular formula is C52H60ClN10O6P. The first-order valence-electron chi connectivity index (χ1n) is 24.1. The first-order chi connectivity index (χ1) is 33.8. The molecule has 366 valence electrons. The quantitative estimate of drug-likeness (QED) is 0.0585. The fraction of sp³-hybridized carbons (Fsp3) is 0.385. The molecule has 0 aliphatic carbocycles. The minimum atomic E-state index is -2.56. The summed E-state index contributed by atoms with van der Waals surface area (Å²) >= 11 is 6.49. The Bertz CT molecular complexity index is 2810. The molecule has 1 atom stereocenters. The SMILES string of the molecule is COc1cc(N2CCC(N3CCN(C(=O)CCc4ccc(CCNc5cccc6c5CN(C5CCC(=O)NC5=O)C6=O)cc4)CC3)CC2)ccc1Nc1ncc(Cl)c(Nc2ccccc2P(C)(C)=O)n1. The molecule has 0 saturated carbocycles. The van der Waals surface area contributed by atoms with Crippen LogP contribution in [0.5, 0.6) is 5.75 Å². The fourth-order valence-corrected chi connectivity index (χ4v) is 11.3. The third-order valence-corrected chi connectivity index (χ3v) is 15.7. The van der Waals surface area contributed by atoms with E-state index in [1.54, 1.807) is 31.4 Å². The number of hydrogen-bond acceptors (Lipinski definition) is 13. The third-order valence-electron chi connectivity index (χ3n) is 13.9. The Kier molecular flexibility index (Phi) is 14.7. The number of para-hydroxylation sites is 1. The van der Waals surface area contributed by atoms with E-state index in [0.29, 0.717) is 83.2 Å². The predicted molar refractivity (Wildman–Crippen MR) is 275 cm³/mol. The predicted octanol–water partition coefficient (Wildman–Crippen LogP) is 7.04. The molecule has 5 heterocycles. The van der Waals surface area contributed by atoms with Crippen molar-refractivity contribution in [2.24, 2.45) is 0 Å². The Morgan fingerprint density at radius 2 is 1.57 bits per heavy atom. The Morgan fingerprint density at radius 3 is 2.30 bits per heavy atom. The smallest absolute Gasteiger partial charge is 0.255 e. The summed E-state index contributed by atoms with van der Waals surface area (Å²) in [5.41, 5.74) is 7.12. The van der Waals surface area contributed by atoms with Gasteiger partial charge >= 0.3 is 0 Å². The maximum Gasteiger partial charge on any atom is 0.255 e. The highest BCUT2D eigenvalue weighted by Crippen LogP contribution is 2.39. The molecule has 4 aliphatic heterocycles. The van der Waals surface area contributed by atoms with Crippen LogP contribution in [-0.4, -0.2) is 127 Å². The summed E-state index contributed by atoms with van der Waals surface area (Å²) in [4.78, 5) is 68.3. The zero-order chi connectivity index (χ0) is 48.9. The standard InChI is InChI=1S/C52H60ClN10O6P/c1-69-45-31-37(16-17-42(45)57-52-55-32-40(53)49(59-52)56-43-8-4-5-10-46(43)70(2,3)68)60-25-22-36(23-26-60)61-27-29-62(30-28-61)48(65)20-15-34-11-13-35(14-12-34)21-24-54-41-9-6-7-38-39(41)33-63(51(38)67)44-18-19-47(64)58-50(44)66/h4-14,16-17,31-32,36,44,54H,15,18-30,33H2,1-3H3,(H,58,64,66)(H2,55,56,57,59). The monoisotopic (exact) mass is 986 g/mol. The number of methoxy groups -OCH3 is 1. The van der Waals surface area contributed by atoms with Gasteiger partial charge in [0.2, 0.25) is 23.7 Å². The number of carbonyl (C=O) groups excluding carboxylic acids is 4. The van der Waals surface area contributed by atoms with Gasteiger partial charge in [0.15, 0.2) is 5.82 Å². The number of nitrogens with zero attached hydrogens (tertiary/aromatic N) is 6. The number of carbonyl (C=O) groups is 4. The average Bonchev–Trinajstić information content (AvgIpc) is 3.70. The number of fused-ring (bicyclic) bond motifs is 1. The van der Waals surface area contributed by atoms with Gasteiger partial charge in [-0.25, -0.2) is 4.98 Å². The average molecular weight is 988 g/mol. The Labute approximate surface area is 413 Å². The molecule has 18 heteroatoms. The van der Waals surface area contributed by atoms with Gasteiger partial charge in [0.25, 0.3) is 5.91 Å². The minimum Gasteiger partial charge on any atom is -0.494 e. The molecule has 4 N–H and O–H groups in total. The lowest BCUT2D eigenvalue weighted by Gasteiger charge is -2.43. The van der Waals surface area contributed by atoms with Gasteiger partial charge in [-0.3, -0.25) is 29.4 Å². The molecular weight excluding hydrogens is 927 g/mol. The highest BCUT2D eigenvalue weighted by Gasteiger charge is 2.40. The van der Waals surface area contributed by atoms with Crippen molar-refractivity contribution in [2.75, 3.05) is 87.1 Å². The Balaban J connectivity index is 0.695. The number of hydrogen-bond donors (Lipinski definition) is 4. The van der Waals surface area contributed by atoms with Crippen molar-refractivity contribution >= 4 is 82.2 Å². The topological polar surface area (TPSA) is 181 Å². The van der Waals surface area contributed by atoms with Crippen molar-refractivity contribution in [3.8, 4) is 5.75 Å². The molecule has 0 bridgehead atoms. The van der Waals surface area contributed by atoms with Gasteiger partial charge in [0, 0.05) is 105 Å². The van der Waals surface area contributed by atoms with Crippen molar-refractivity contribution in [3.63, 3.8) is 0 Å². The number of ether oxygens (including phenoxy) is 1. The lowest BCUT2D eigenvalue weighted by atomic mass is 10.0. The van der Waals surface area contributed by atoms with Gasteiger partial charge in [-0.15, -0.1) is 0 Å². The second-order valence-corrected chi connectivity index (χ2v) is 22.3. The number of halogens is 1. The Hall–Kier alpha value is -6.48. The molecule has 1 aromatic heterocycles. The van der Waals surface area contributed by atoms with Crippen LogP contribution in [0.25, 0.3) is 0 Å². The first-order valence-corrected chi connectivity index (χ1v) is 27.0. The number of piperazine rings is 1. The highest BCUT2D eigenvalue weighted by atomic mass is 35.5. The molecule has 3 fully saturated rings. The van der Waals surface area contributed by atoms with Crippen LogP contribution >= 0.6 is 18.7 Å². The molecule has 4 aromatic carbocycles. The van der Waals surface area contributed by atoms with Crippen molar-refractivity contribution in [1.29, 1.82) is 0 Å². The van der Waals surface area contributed by atoms with Crippen LogP contribution in [0.1, 0.15) is 59.2 Å². The van der Waals surface area contributed by atoms with E-state index in [-0.39, 0.29) is 24.1 Å². The van der Waals surface area contributed by atoms with Crippen LogP contribution in [0.15, 0.2) is 91.1 Å². The first kappa shape index (κ1) is 48.5. The number of rotatable bonds is 16. The number of aromatic nitrogens is 2. The number of amides is 4. The van der Waals surface area contributed by atoms with E-state index in [1.807, 2.05) is 53.4 Å². The lowest BCUT2D eigenvalue weighted by molar-refractivity contribution is -0.137. The molecule has 1 unspecified atom stereocenters. The van der Waals surface area contributed by atoms with E-state index in [0.717, 1.165) is 81.0 Å². The summed E-state index contributed by atoms with van der Waals surface area (Å²) in [5.74, 6) is 0.697. The zero-order valence-corrected chi connectivity index (χ0v) is 41.5. The summed E-state index contributed by atoms with van der Waals surface area (Å²) in [6, 6.07) is 27.4. The van der Waals surface area contributed by atoms with Crippen LogP contribution in [-0.2, 0) is 38.3 Å². The second-order valence-electron chi connectivity index (χ2n) is 18.8. The van der Waals surface area contributed by atoms with Crippen LogP contribution in [0.3, 0.4) is 0 Å². The molecule has 70 heavy (non-hydrogen) atoms. The summed E-state index contributed by atoms with van der Waals surface area (Å²) in [7, 11) is -0.913. The van der Waals surface area contributed by atoms with Crippen molar-refractivity contribution in [3.05, 3.63) is 118 Å². The van der Waals surface area contributed by atoms with E-state index in [2.05, 4.69) is 71.4 Å². The molecule has 5 aromatic rings. The van der Waals surface area contributed by atoms with Gasteiger partial charge in [-0.1, -0.05) is 54.1 Å². The van der Waals surface area contributed by atoms with Crippen LogP contribution in [0.2, 0.25) is 5.02 Å². The van der Waals surface area contributed by atoms with E-state index in [4.69, 9.17) is 16.3 Å². The van der Waals surface area contributed by atoms with E-state index in [9.17, 15) is 23.7 Å². The molecule has 9 rings (SSSR count). The number of piperidine rings is 2. The van der Waals surface area contributed by atoms with Gasteiger partial charge in [0.05, 0.1) is 24.7 Å².